The Morgan fingerprint density at radius 2 is 1.74 bits per heavy atom. The second-order valence-corrected chi connectivity index (χ2v) is 4.59. The lowest BCUT2D eigenvalue weighted by molar-refractivity contribution is 0.0525. The SMILES string of the molecule is CCOC(=O)c1c(-c2c(OC)cc(OC)cc2OC)noc1C. The Morgan fingerprint density at radius 1 is 1.13 bits per heavy atom. The summed E-state index contributed by atoms with van der Waals surface area (Å²) in [5, 5.41) is 3.99. The van der Waals surface area contributed by atoms with Crippen LogP contribution in [-0.2, 0) is 4.74 Å². The van der Waals surface area contributed by atoms with Crippen LogP contribution in [0.4, 0.5) is 0 Å². The van der Waals surface area contributed by atoms with E-state index in [0.717, 1.165) is 0 Å². The van der Waals surface area contributed by atoms with Crippen LogP contribution in [0.1, 0.15) is 23.0 Å². The molecule has 0 atom stereocenters. The van der Waals surface area contributed by atoms with E-state index in [1.165, 1.54) is 21.3 Å². The number of nitrogens with zero attached hydrogens (tertiary/aromatic N) is 1. The lowest BCUT2D eigenvalue weighted by Crippen LogP contribution is -2.07. The van der Waals surface area contributed by atoms with Crippen LogP contribution < -0.4 is 14.2 Å². The summed E-state index contributed by atoms with van der Waals surface area (Å²) in [4.78, 5) is 12.2. The number of methoxy groups -OCH3 is 3. The van der Waals surface area contributed by atoms with Gasteiger partial charge in [-0.15, -0.1) is 0 Å². The van der Waals surface area contributed by atoms with E-state index in [1.807, 2.05) is 0 Å². The van der Waals surface area contributed by atoms with Gasteiger partial charge in [0.2, 0.25) is 0 Å². The summed E-state index contributed by atoms with van der Waals surface area (Å²) in [5.74, 6) is 1.29. The minimum absolute atomic E-state index is 0.244. The van der Waals surface area contributed by atoms with Gasteiger partial charge in [0.25, 0.3) is 0 Å². The monoisotopic (exact) mass is 321 g/mol. The fraction of sp³-hybridized carbons (Fsp3) is 0.375. The molecule has 0 unspecified atom stereocenters. The first kappa shape index (κ1) is 16.7. The van der Waals surface area contributed by atoms with E-state index in [4.69, 9.17) is 23.5 Å². The molecule has 2 aromatic rings. The van der Waals surface area contributed by atoms with Gasteiger partial charge in [0, 0.05) is 12.1 Å². The van der Waals surface area contributed by atoms with Crippen molar-refractivity contribution < 1.29 is 28.3 Å². The number of hydrogen-bond donors (Lipinski definition) is 0. The van der Waals surface area contributed by atoms with Crippen molar-refractivity contribution in [1.29, 1.82) is 0 Å². The Bertz CT molecular complexity index is 682. The fourth-order valence-electron chi connectivity index (χ4n) is 2.23. The molecule has 0 saturated carbocycles. The highest BCUT2D eigenvalue weighted by molar-refractivity contribution is 5.99. The summed E-state index contributed by atoms with van der Waals surface area (Å²) in [6, 6.07) is 3.35. The van der Waals surface area contributed by atoms with E-state index in [-0.39, 0.29) is 12.2 Å². The Kier molecular flexibility index (Phi) is 5.10. The molecule has 0 fully saturated rings. The largest absolute Gasteiger partial charge is 0.496 e. The number of ether oxygens (including phenoxy) is 4. The molecule has 0 aliphatic heterocycles. The first-order chi connectivity index (χ1) is 11.1. The Labute approximate surface area is 134 Å². The number of esters is 1. The number of carbonyl (C=O) groups excluding carboxylic acids is 1. The van der Waals surface area contributed by atoms with Gasteiger partial charge in [-0.2, -0.15) is 0 Å². The van der Waals surface area contributed by atoms with Gasteiger partial charge in [-0.05, 0) is 13.8 Å². The zero-order chi connectivity index (χ0) is 17.0. The van der Waals surface area contributed by atoms with E-state index in [1.54, 1.807) is 26.0 Å². The predicted molar refractivity (Wildman–Crippen MR) is 82.3 cm³/mol. The van der Waals surface area contributed by atoms with Gasteiger partial charge in [-0.3, -0.25) is 0 Å². The molecule has 7 heteroatoms. The number of carbonyl (C=O) groups is 1. The van der Waals surface area contributed by atoms with Crippen LogP contribution in [0.2, 0.25) is 0 Å². The van der Waals surface area contributed by atoms with Gasteiger partial charge in [0.05, 0.1) is 33.5 Å². The summed E-state index contributed by atoms with van der Waals surface area (Å²) in [7, 11) is 4.56. The Morgan fingerprint density at radius 3 is 2.22 bits per heavy atom. The van der Waals surface area contributed by atoms with Gasteiger partial charge in [0.1, 0.15) is 34.3 Å². The topological polar surface area (TPSA) is 80.0 Å². The molecular weight excluding hydrogens is 302 g/mol. The average Bonchev–Trinajstić information content (AvgIpc) is 2.94. The fourth-order valence-corrected chi connectivity index (χ4v) is 2.23. The minimum atomic E-state index is -0.513. The number of aromatic nitrogens is 1. The molecule has 2 rings (SSSR count). The van der Waals surface area contributed by atoms with E-state index < -0.39 is 5.97 Å². The first-order valence-corrected chi connectivity index (χ1v) is 7.01. The molecule has 0 aliphatic rings. The maximum atomic E-state index is 12.2. The van der Waals surface area contributed by atoms with Crippen LogP contribution in [0.5, 0.6) is 17.2 Å². The molecule has 0 spiro atoms. The van der Waals surface area contributed by atoms with Gasteiger partial charge in [-0.25, -0.2) is 4.79 Å². The summed E-state index contributed by atoms with van der Waals surface area (Å²) in [6.07, 6.45) is 0. The van der Waals surface area contributed by atoms with Gasteiger partial charge in [-0.1, -0.05) is 5.16 Å². The van der Waals surface area contributed by atoms with Crippen LogP contribution in [0, 0.1) is 6.92 Å². The standard InChI is InChI=1S/C16H19NO6/c1-6-22-16(18)13-9(2)23-17-15(13)14-11(20-4)7-10(19-3)8-12(14)21-5/h7-8H,6H2,1-5H3. The molecule has 1 aromatic heterocycles. The van der Waals surface area contributed by atoms with Gasteiger partial charge < -0.3 is 23.5 Å². The molecule has 23 heavy (non-hydrogen) atoms. The van der Waals surface area contributed by atoms with Crippen LogP contribution >= 0.6 is 0 Å². The molecule has 0 aliphatic carbocycles. The lowest BCUT2D eigenvalue weighted by Gasteiger charge is -2.14. The second-order valence-electron chi connectivity index (χ2n) is 4.59. The Hall–Kier alpha value is -2.70. The highest BCUT2D eigenvalue weighted by Gasteiger charge is 2.28. The molecule has 0 bridgehead atoms. The summed E-state index contributed by atoms with van der Waals surface area (Å²) in [5.41, 5.74) is 1.04. The first-order valence-electron chi connectivity index (χ1n) is 7.01. The molecule has 0 radical (unpaired) electrons. The minimum Gasteiger partial charge on any atom is -0.496 e. The normalized spacial score (nSPS) is 10.3. The van der Waals surface area contributed by atoms with Crippen molar-refractivity contribution >= 4 is 5.97 Å². The molecule has 1 heterocycles. The van der Waals surface area contributed by atoms with Crippen molar-refractivity contribution in [3.05, 3.63) is 23.5 Å². The third-order valence-corrected chi connectivity index (χ3v) is 3.29. The van der Waals surface area contributed by atoms with Crippen LogP contribution in [0.15, 0.2) is 16.7 Å². The molecule has 0 saturated heterocycles. The lowest BCUT2D eigenvalue weighted by atomic mass is 10.0. The van der Waals surface area contributed by atoms with E-state index in [2.05, 4.69) is 5.16 Å². The predicted octanol–water partition coefficient (Wildman–Crippen LogP) is 2.85. The van der Waals surface area contributed by atoms with E-state index >= 15 is 0 Å². The summed E-state index contributed by atoms with van der Waals surface area (Å²) < 4.78 is 26.3. The molecule has 0 amide bonds. The van der Waals surface area contributed by atoms with Crippen molar-refractivity contribution in [1.82, 2.24) is 5.16 Å². The molecule has 7 nitrogen and oxygen atoms in total. The number of hydrogen-bond acceptors (Lipinski definition) is 7. The molecule has 0 N–H and O–H groups in total. The van der Waals surface area contributed by atoms with Crippen LogP contribution in [0.25, 0.3) is 11.3 Å². The highest BCUT2D eigenvalue weighted by atomic mass is 16.5. The van der Waals surface area contributed by atoms with Crippen LogP contribution in [0.3, 0.4) is 0 Å². The number of benzene rings is 1. The second kappa shape index (κ2) is 7.04. The van der Waals surface area contributed by atoms with Crippen LogP contribution in [-0.4, -0.2) is 39.1 Å². The van der Waals surface area contributed by atoms with Crippen molar-refractivity contribution in [2.24, 2.45) is 0 Å². The molecular formula is C16H19NO6. The van der Waals surface area contributed by atoms with Gasteiger partial charge in [0.15, 0.2) is 0 Å². The summed E-state index contributed by atoms with van der Waals surface area (Å²) in [6.45, 7) is 3.62. The highest BCUT2D eigenvalue weighted by Crippen LogP contribution is 2.43. The quantitative estimate of drug-likeness (QED) is 0.757. The summed E-state index contributed by atoms with van der Waals surface area (Å²) >= 11 is 0. The molecule has 1 aromatic carbocycles. The van der Waals surface area contributed by atoms with E-state index in [0.29, 0.717) is 34.3 Å². The van der Waals surface area contributed by atoms with Crippen molar-refractivity contribution in [2.45, 2.75) is 13.8 Å². The van der Waals surface area contributed by atoms with E-state index in [9.17, 15) is 4.79 Å². The maximum Gasteiger partial charge on any atom is 0.344 e. The smallest absolute Gasteiger partial charge is 0.344 e. The maximum absolute atomic E-state index is 12.2. The van der Waals surface area contributed by atoms with Crippen molar-refractivity contribution in [3.63, 3.8) is 0 Å². The Balaban J connectivity index is 2.69. The average molecular weight is 321 g/mol. The number of rotatable bonds is 6. The van der Waals surface area contributed by atoms with Crippen molar-refractivity contribution in [3.8, 4) is 28.5 Å². The zero-order valence-corrected chi connectivity index (χ0v) is 13.8. The third-order valence-electron chi connectivity index (χ3n) is 3.29. The third kappa shape index (κ3) is 3.08. The zero-order valence-electron chi connectivity index (χ0n) is 13.8. The molecule has 124 valence electrons. The number of aryl methyl sites for hydroxylation is 1. The van der Waals surface area contributed by atoms with Gasteiger partial charge >= 0.3 is 5.97 Å². The van der Waals surface area contributed by atoms with Crippen molar-refractivity contribution in [2.75, 3.05) is 27.9 Å².